The Kier molecular flexibility index (Phi) is 7.82. The molecule has 0 spiro atoms. The molecule has 1 aliphatic rings. The van der Waals surface area contributed by atoms with Crippen LogP contribution in [-0.4, -0.2) is 48.9 Å². The number of carbonyl (C=O) groups excluding carboxylic acids is 3. The minimum absolute atomic E-state index is 0.0247. The number of methoxy groups -OCH3 is 1. The van der Waals surface area contributed by atoms with Gasteiger partial charge in [-0.15, -0.1) is 0 Å². The van der Waals surface area contributed by atoms with E-state index in [0.29, 0.717) is 48.6 Å². The average molecular weight is 476 g/mol. The van der Waals surface area contributed by atoms with E-state index in [9.17, 15) is 14.4 Å². The van der Waals surface area contributed by atoms with Crippen LogP contribution in [0, 0.1) is 5.92 Å². The predicted molar refractivity (Wildman–Crippen MR) is 130 cm³/mol. The first kappa shape index (κ1) is 24.1. The number of ether oxygens (including phenoxy) is 1. The molecule has 8 heteroatoms. The van der Waals surface area contributed by atoms with Gasteiger partial charge in [0.05, 0.1) is 19.9 Å². The van der Waals surface area contributed by atoms with Crippen molar-refractivity contribution in [1.82, 2.24) is 15.5 Å². The lowest BCUT2D eigenvalue weighted by molar-refractivity contribution is -0.124. The molecule has 4 rings (SSSR count). The maximum absolute atomic E-state index is 13.2. The molecule has 1 fully saturated rings. The highest BCUT2D eigenvalue weighted by atomic mass is 16.5. The highest BCUT2D eigenvalue weighted by Gasteiger charge is 2.34. The second-order valence-corrected chi connectivity index (χ2v) is 8.48. The first-order valence-corrected chi connectivity index (χ1v) is 11.6. The third kappa shape index (κ3) is 6.09. The maximum atomic E-state index is 13.2. The third-order valence-corrected chi connectivity index (χ3v) is 6.24. The second-order valence-electron chi connectivity index (χ2n) is 8.48. The van der Waals surface area contributed by atoms with Gasteiger partial charge in [0.15, 0.2) is 0 Å². The van der Waals surface area contributed by atoms with E-state index in [1.165, 1.54) is 7.11 Å². The van der Waals surface area contributed by atoms with E-state index in [2.05, 4.69) is 10.6 Å². The third-order valence-electron chi connectivity index (χ3n) is 6.24. The molecule has 0 saturated carbocycles. The highest BCUT2D eigenvalue weighted by molar-refractivity contribution is 5.98. The van der Waals surface area contributed by atoms with Crippen LogP contribution in [0.4, 0.5) is 0 Å². The van der Waals surface area contributed by atoms with Gasteiger partial charge in [0.25, 0.3) is 11.8 Å². The molecule has 0 bridgehead atoms. The van der Waals surface area contributed by atoms with Gasteiger partial charge in [-0.2, -0.15) is 0 Å². The monoisotopic (exact) mass is 475 g/mol. The van der Waals surface area contributed by atoms with Crippen molar-refractivity contribution in [3.8, 4) is 5.75 Å². The van der Waals surface area contributed by atoms with Gasteiger partial charge in [-0.05, 0) is 61.2 Å². The first-order valence-electron chi connectivity index (χ1n) is 11.6. The number of amides is 3. The Labute approximate surface area is 204 Å². The Morgan fingerprint density at radius 2 is 1.74 bits per heavy atom. The van der Waals surface area contributed by atoms with Crippen molar-refractivity contribution in [2.24, 2.45) is 5.92 Å². The van der Waals surface area contributed by atoms with E-state index < -0.39 is 6.04 Å². The Morgan fingerprint density at radius 3 is 2.43 bits per heavy atom. The fraction of sp³-hybridized carbons (Fsp3) is 0.296. The lowest BCUT2D eigenvalue weighted by Crippen LogP contribution is -2.53. The zero-order chi connectivity index (χ0) is 24.6. The van der Waals surface area contributed by atoms with E-state index >= 15 is 0 Å². The molecule has 3 aromatic rings. The molecule has 1 aliphatic heterocycles. The smallest absolute Gasteiger partial charge is 0.253 e. The Hall–Kier alpha value is -4.07. The minimum atomic E-state index is -0.752. The van der Waals surface area contributed by atoms with Crippen LogP contribution in [0.15, 0.2) is 77.4 Å². The van der Waals surface area contributed by atoms with Gasteiger partial charge >= 0.3 is 0 Å². The van der Waals surface area contributed by atoms with E-state index in [1.54, 1.807) is 59.7 Å². The summed E-state index contributed by atoms with van der Waals surface area (Å²) in [5, 5.41) is 5.79. The second kappa shape index (κ2) is 11.4. The van der Waals surface area contributed by atoms with Crippen LogP contribution in [0.3, 0.4) is 0 Å². The summed E-state index contributed by atoms with van der Waals surface area (Å²) < 4.78 is 10.5. The summed E-state index contributed by atoms with van der Waals surface area (Å²) >= 11 is 0. The molecule has 0 radical (unpaired) electrons. The van der Waals surface area contributed by atoms with Crippen molar-refractivity contribution in [3.05, 3.63) is 89.9 Å². The molecule has 2 N–H and O–H groups in total. The van der Waals surface area contributed by atoms with Gasteiger partial charge in [0.2, 0.25) is 5.91 Å². The van der Waals surface area contributed by atoms with Crippen LogP contribution in [0.5, 0.6) is 5.75 Å². The summed E-state index contributed by atoms with van der Waals surface area (Å²) in [5.74, 6) is 0.392. The van der Waals surface area contributed by atoms with Crippen LogP contribution in [0.25, 0.3) is 0 Å². The number of rotatable bonds is 8. The Balaban J connectivity index is 1.45. The minimum Gasteiger partial charge on any atom is -0.497 e. The lowest BCUT2D eigenvalue weighted by atomic mass is 9.88. The molecule has 1 aromatic heterocycles. The summed E-state index contributed by atoms with van der Waals surface area (Å²) in [6, 6.07) is 18.7. The molecule has 35 heavy (non-hydrogen) atoms. The van der Waals surface area contributed by atoms with Gasteiger partial charge in [-0.1, -0.05) is 24.3 Å². The summed E-state index contributed by atoms with van der Waals surface area (Å²) in [5.41, 5.74) is 1.05. The molecule has 182 valence electrons. The van der Waals surface area contributed by atoms with Crippen LogP contribution < -0.4 is 15.4 Å². The van der Waals surface area contributed by atoms with E-state index in [0.717, 1.165) is 0 Å². The zero-order valence-electron chi connectivity index (χ0n) is 19.6. The van der Waals surface area contributed by atoms with Crippen molar-refractivity contribution in [2.75, 3.05) is 20.2 Å². The fourth-order valence-electron chi connectivity index (χ4n) is 4.28. The molecular weight excluding hydrogens is 446 g/mol. The maximum Gasteiger partial charge on any atom is 0.253 e. The van der Waals surface area contributed by atoms with Gasteiger partial charge in [0, 0.05) is 24.2 Å². The number of hydrogen-bond donors (Lipinski definition) is 2. The first-order chi connectivity index (χ1) is 17.0. The van der Waals surface area contributed by atoms with Crippen LogP contribution >= 0.6 is 0 Å². The van der Waals surface area contributed by atoms with E-state index in [4.69, 9.17) is 9.15 Å². The summed E-state index contributed by atoms with van der Waals surface area (Å²) in [6.07, 6.45) is 2.73. The molecule has 0 aliphatic carbocycles. The number of likely N-dealkylation sites (tertiary alicyclic amines) is 1. The summed E-state index contributed by atoms with van der Waals surface area (Å²) in [4.78, 5) is 40.8. The topological polar surface area (TPSA) is 101 Å². The van der Waals surface area contributed by atoms with Crippen molar-refractivity contribution in [2.45, 2.75) is 25.4 Å². The van der Waals surface area contributed by atoms with Gasteiger partial charge in [0.1, 0.15) is 17.6 Å². The summed E-state index contributed by atoms with van der Waals surface area (Å²) in [7, 11) is 1.53. The molecule has 1 atom stereocenters. The van der Waals surface area contributed by atoms with Gasteiger partial charge in [-0.3, -0.25) is 14.4 Å². The number of hydrogen-bond acceptors (Lipinski definition) is 5. The molecule has 0 unspecified atom stereocenters. The number of piperidine rings is 1. The van der Waals surface area contributed by atoms with Gasteiger partial charge < -0.3 is 24.7 Å². The van der Waals surface area contributed by atoms with Crippen molar-refractivity contribution in [1.29, 1.82) is 0 Å². The molecule has 8 nitrogen and oxygen atoms in total. The largest absolute Gasteiger partial charge is 0.497 e. The van der Waals surface area contributed by atoms with Gasteiger partial charge in [-0.25, -0.2) is 0 Å². The van der Waals surface area contributed by atoms with E-state index in [1.807, 2.05) is 18.2 Å². The molecule has 3 amide bonds. The molecule has 2 aromatic carbocycles. The van der Waals surface area contributed by atoms with Crippen LogP contribution in [0.1, 0.15) is 39.3 Å². The van der Waals surface area contributed by atoms with E-state index in [-0.39, 0.29) is 30.2 Å². The molecule has 2 heterocycles. The Morgan fingerprint density at radius 1 is 1.00 bits per heavy atom. The van der Waals surface area contributed by atoms with Crippen molar-refractivity contribution in [3.63, 3.8) is 0 Å². The number of carbonyl (C=O) groups is 3. The standard InChI is InChI=1S/C27H29N3O5/c1-34-22-10-5-9-21(17-22)25(31)29-24(26(32)28-18-23-11-6-16-35-23)19-12-14-30(15-13-19)27(33)20-7-3-2-4-8-20/h2-11,16-17,19,24H,12-15,18H2,1H3,(H,28,32)(H,29,31)/t24-/m0/s1. The van der Waals surface area contributed by atoms with Crippen LogP contribution in [0.2, 0.25) is 0 Å². The van der Waals surface area contributed by atoms with Crippen molar-refractivity contribution < 1.29 is 23.5 Å². The average Bonchev–Trinajstić information content (AvgIpc) is 3.44. The number of benzene rings is 2. The SMILES string of the molecule is COc1cccc(C(=O)N[C@H](C(=O)NCc2ccco2)C2CCN(C(=O)c3ccccc3)CC2)c1. The van der Waals surface area contributed by atoms with Crippen LogP contribution in [-0.2, 0) is 11.3 Å². The normalized spacial score (nSPS) is 14.7. The van der Waals surface area contributed by atoms with Crippen molar-refractivity contribution >= 4 is 17.7 Å². The number of nitrogens with one attached hydrogen (secondary N) is 2. The number of furan rings is 1. The lowest BCUT2D eigenvalue weighted by Gasteiger charge is -2.35. The highest BCUT2D eigenvalue weighted by Crippen LogP contribution is 2.23. The Bertz CT molecular complexity index is 1140. The predicted octanol–water partition coefficient (Wildman–Crippen LogP) is 3.26. The summed E-state index contributed by atoms with van der Waals surface area (Å²) in [6.45, 7) is 1.24. The quantitative estimate of drug-likeness (QED) is 0.521. The molecule has 1 saturated heterocycles. The number of nitrogens with zero attached hydrogens (tertiary/aromatic N) is 1. The zero-order valence-corrected chi connectivity index (χ0v) is 19.6. The molecular formula is C27H29N3O5. The fourth-order valence-corrected chi connectivity index (χ4v) is 4.28.